The minimum absolute atomic E-state index is 0.320. The number of anilines is 3. The van der Waals surface area contributed by atoms with Gasteiger partial charge in [-0.3, -0.25) is 10.00 Å². The quantitative estimate of drug-likeness (QED) is 0.472. The lowest BCUT2D eigenvalue weighted by Crippen LogP contribution is -2.46. The third kappa shape index (κ3) is 5.20. The molecule has 3 heterocycles. The molecule has 0 bridgehead atoms. The van der Waals surface area contributed by atoms with Gasteiger partial charge in [0.15, 0.2) is 5.16 Å². The predicted octanol–water partition coefficient (Wildman–Crippen LogP) is 4.43. The Bertz CT molecular complexity index is 1110. The van der Waals surface area contributed by atoms with Gasteiger partial charge in [0, 0.05) is 35.0 Å². The fourth-order valence-corrected chi connectivity index (χ4v) is 4.52. The first-order valence-corrected chi connectivity index (χ1v) is 11.3. The van der Waals surface area contributed by atoms with E-state index in [1.807, 2.05) is 51.1 Å². The number of aromatic amines is 1. The number of nitrogens with zero attached hydrogens (tertiary/aromatic N) is 4. The number of rotatable bonds is 6. The molecular weight excluding hydrogens is 426 g/mol. The van der Waals surface area contributed by atoms with Crippen molar-refractivity contribution in [3.8, 4) is 0 Å². The SMILES string of the molecule is Cc1cc(Nc2cc(C)nc(Sc3ccc(N(C(N)=O)C4CCCCO4)cc3C)n2)[nH]n1. The van der Waals surface area contributed by atoms with E-state index in [1.54, 1.807) is 0 Å². The van der Waals surface area contributed by atoms with Crippen molar-refractivity contribution < 1.29 is 9.53 Å². The van der Waals surface area contributed by atoms with Gasteiger partial charge in [0.1, 0.15) is 17.9 Å². The van der Waals surface area contributed by atoms with Crippen LogP contribution in [0.4, 0.5) is 22.1 Å². The van der Waals surface area contributed by atoms with E-state index in [0.29, 0.717) is 17.6 Å². The Labute approximate surface area is 191 Å². The first-order valence-electron chi connectivity index (χ1n) is 10.5. The first-order chi connectivity index (χ1) is 15.4. The van der Waals surface area contributed by atoms with Gasteiger partial charge in [-0.05, 0) is 75.6 Å². The Morgan fingerprint density at radius 3 is 2.69 bits per heavy atom. The number of hydrogen-bond acceptors (Lipinski definition) is 7. The van der Waals surface area contributed by atoms with Crippen LogP contribution in [0.15, 0.2) is 40.4 Å². The summed E-state index contributed by atoms with van der Waals surface area (Å²) < 4.78 is 5.78. The van der Waals surface area contributed by atoms with E-state index in [2.05, 4.69) is 25.5 Å². The van der Waals surface area contributed by atoms with Crippen molar-refractivity contribution in [3.63, 3.8) is 0 Å². The van der Waals surface area contributed by atoms with E-state index in [1.165, 1.54) is 16.7 Å². The van der Waals surface area contributed by atoms with Crippen LogP contribution in [0.2, 0.25) is 0 Å². The number of aromatic nitrogens is 4. The highest BCUT2D eigenvalue weighted by Gasteiger charge is 2.26. The third-order valence-electron chi connectivity index (χ3n) is 5.12. The molecule has 2 aromatic heterocycles. The molecule has 9 nitrogen and oxygen atoms in total. The molecule has 4 N–H and O–H groups in total. The minimum atomic E-state index is -0.511. The van der Waals surface area contributed by atoms with Crippen LogP contribution in [-0.4, -0.2) is 39.0 Å². The maximum absolute atomic E-state index is 12.1. The van der Waals surface area contributed by atoms with E-state index in [9.17, 15) is 4.79 Å². The summed E-state index contributed by atoms with van der Waals surface area (Å²) in [4.78, 5) is 23.9. The summed E-state index contributed by atoms with van der Waals surface area (Å²) in [5.74, 6) is 1.46. The fourth-order valence-electron chi connectivity index (χ4n) is 3.63. The molecule has 2 amide bonds. The van der Waals surface area contributed by atoms with Crippen molar-refractivity contribution in [2.45, 2.75) is 56.3 Å². The molecule has 1 fully saturated rings. The van der Waals surface area contributed by atoms with E-state index in [4.69, 9.17) is 10.5 Å². The standard InChI is InChI=1S/C22H27N7O2S/c1-13-10-16(29(21(23)30)20-6-4-5-9-31-20)7-8-17(13)32-22-24-14(2)11-18(26-22)25-19-12-15(3)27-28-19/h7-8,10-12,20H,4-6,9H2,1-3H3,(H2,23,30)(H2,24,25,26,27,28). The number of H-pyrrole nitrogens is 1. The Morgan fingerprint density at radius 1 is 1.19 bits per heavy atom. The third-order valence-corrected chi connectivity index (χ3v) is 6.16. The normalized spacial score (nSPS) is 16.0. The van der Waals surface area contributed by atoms with Crippen LogP contribution < -0.4 is 16.0 Å². The highest BCUT2D eigenvalue weighted by Crippen LogP contribution is 2.33. The lowest BCUT2D eigenvalue weighted by atomic mass is 10.1. The van der Waals surface area contributed by atoms with Crippen LogP contribution in [0.1, 0.15) is 36.2 Å². The van der Waals surface area contributed by atoms with E-state index < -0.39 is 6.03 Å². The van der Waals surface area contributed by atoms with Gasteiger partial charge in [-0.1, -0.05) is 0 Å². The number of amides is 2. The van der Waals surface area contributed by atoms with E-state index in [0.717, 1.165) is 52.6 Å². The number of nitrogens with one attached hydrogen (secondary N) is 2. The zero-order valence-electron chi connectivity index (χ0n) is 18.4. The van der Waals surface area contributed by atoms with E-state index in [-0.39, 0.29) is 6.23 Å². The number of carbonyl (C=O) groups excluding carboxylic acids is 1. The summed E-state index contributed by atoms with van der Waals surface area (Å²) in [6, 6.07) is 9.08. The van der Waals surface area contributed by atoms with Crippen LogP contribution in [0.3, 0.4) is 0 Å². The molecule has 1 aliphatic heterocycles. The lowest BCUT2D eigenvalue weighted by molar-refractivity contribution is 0.0195. The highest BCUT2D eigenvalue weighted by atomic mass is 32.2. The molecule has 168 valence electrons. The lowest BCUT2D eigenvalue weighted by Gasteiger charge is -2.33. The van der Waals surface area contributed by atoms with Crippen LogP contribution in [0, 0.1) is 20.8 Å². The zero-order valence-corrected chi connectivity index (χ0v) is 19.2. The smallest absolute Gasteiger partial charge is 0.321 e. The Morgan fingerprint density at radius 2 is 2.03 bits per heavy atom. The Kier molecular flexibility index (Phi) is 6.61. The maximum Gasteiger partial charge on any atom is 0.321 e. The predicted molar refractivity (Wildman–Crippen MR) is 124 cm³/mol. The van der Waals surface area contributed by atoms with Gasteiger partial charge in [0.2, 0.25) is 0 Å². The summed E-state index contributed by atoms with van der Waals surface area (Å²) >= 11 is 1.47. The number of urea groups is 1. The van der Waals surface area contributed by atoms with Crippen LogP contribution in [0.5, 0.6) is 0 Å². The van der Waals surface area contributed by atoms with Gasteiger partial charge in [-0.25, -0.2) is 14.8 Å². The molecule has 10 heteroatoms. The maximum atomic E-state index is 12.1. The Hall–Kier alpha value is -3.11. The molecule has 1 unspecified atom stereocenters. The van der Waals surface area contributed by atoms with Crippen LogP contribution in [-0.2, 0) is 4.74 Å². The van der Waals surface area contributed by atoms with E-state index >= 15 is 0 Å². The average molecular weight is 454 g/mol. The van der Waals surface area contributed by atoms with Gasteiger partial charge in [0.05, 0.1) is 5.69 Å². The summed E-state index contributed by atoms with van der Waals surface area (Å²) in [7, 11) is 0. The second-order valence-electron chi connectivity index (χ2n) is 7.81. The molecule has 0 spiro atoms. The molecule has 1 aliphatic rings. The molecule has 3 aromatic rings. The molecule has 1 atom stereocenters. The van der Waals surface area contributed by atoms with Gasteiger partial charge < -0.3 is 15.8 Å². The molecule has 4 rings (SSSR count). The number of primary amides is 1. The summed E-state index contributed by atoms with van der Waals surface area (Å²) in [6.45, 7) is 6.48. The number of benzene rings is 1. The van der Waals surface area contributed by atoms with Crippen LogP contribution in [0.25, 0.3) is 0 Å². The van der Waals surface area contributed by atoms with Crippen molar-refractivity contribution >= 4 is 35.1 Å². The molecule has 0 radical (unpaired) electrons. The monoisotopic (exact) mass is 453 g/mol. The second kappa shape index (κ2) is 9.58. The summed E-state index contributed by atoms with van der Waals surface area (Å²) in [5, 5.41) is 10.9. The van der Waals surface area contributed by atoms with Crippen molar-refractivity contribution in [2.24, 2.45) is 5.73 Å². The summed E-state index contributed by atoms with van der Waals surface area (Å²) in [5.41, 5.74) is 9.15. The Balaban J connectivity index is 1.54. The molecule has 32 heavy (non-hydrogen) atoms. The van der Waals surface area contributed by atoms with Gasteiger partial charge in [-0.2, -0.15) is 5.10 Å². The molecule has 1 aromatic carbocycles. The van der Waals surface area contributed by atoms with Crippen molar-refractivity contribution in [1.82, 2.24) is 20.2 Å². The summed E-state index contributed by atoms with van der Waals surface area (Å²) in [6.07, 6.45) is 2.48. The largest absolute Gasteiger partial charge is 0.358 e. The average Bonchev–Trinajstić information content (AvgIpc) is 3.15. The molecule has 1 saturated heterocycles. The number of hydrogen-bond donors (Lipinski definition) is 3. The van der Waals surface area contributed by atoms with Gasteiger partial charge in [0.25, 0.3) is 0 Å². The molecule has 0 saturated carbocycles. The number of nitrogens with two attached hydrogens (primary N) is 1. The molecular formula is C22H27N7O2S. The second-order valence-corrected chi connectivity index (χ2v) is 8.82. The van der Waals surface area contributed by atoms with Crippen LogP contribution >= 0.6 is 11.8 Å². The highest BCUT2D eigenvalue weighted by molar-refractivity contribution is 7.99. The van der Waals surface area contributed by atoms with Gasteiger partial charge >= 0.3 is 6.03 Å². The molecule has 0 aliphatic carbocycles. The minimum Gasteiger partial charge on any atom is -0.358 e. The fraction of sp³-hybridized carbons (Fsp3) is 0.364. The topological polar surface area (TPSA) is 122 Å². The number of aryl methyl sites for hydroxylation is 3. The zero-order chi connectivity index (χ0) is 22.7. The van der Waals surface area contributed by atoms with Crippen molar-refractivity contribution in [3.05, 3.63) is 47.3 Å². The first kappa shape index (κ1) is 22.1. The number of carbonyl (C=O) groups is 1. The van der Waals surface area contributed by atoms with Crippen molar-refractivity contribution in [1.29, 1.82) is 0 Å². The van der Waals surface area contributed by atoms with Crippen molar-refractivity contribution in [2.75, 3.05) is 16.8 Å². The van der Waals surface area contributed by atoms with Gasteiger partial charge in [-0.15, -0.1) is 0 Å². The number of ether oxygens (including phenoxy) is 1.